The molecule has 0 aliphatic carbocycles. The number of benzene rings is 2. The summed E-state index contributed by atoms with van der Waals surface area (Å²) >= 11 is 0. The third kappa shape index (κ3) is 4.40. The van der Waals surface area contributed by atoms with Crippen molar-refractivity contribution in [2.45, 2.75) is 38.4 Å². The van der Waals surface area contributed by atoms with Gasteiger partial charge in [0.05, 0.1) is 20.6 Å². The van der Waals surface area contributed by atoms with Gasteiger partial charge in [-0.1, -0.05) is 35.9 Å². The van der Waals surface area contributed by atoms with Crippen LogP contribution < -0.4 is 25.6 Å². The summed E-state index contributed by atoms with van der Waals surface area (Å²) in [6.07, 6.45) is 0.141. The molecule has 0 saturated carbocycles. The highest BCUT2D eigenvalue weighted by atomic mass is 16.5. The van der Waals surface area contributed by atoms with Gasteiger partial charge in [0, 0.05) is 12.0 Å². The van der Waals surface area contributed by atoms with Crippen LogP contribution in [0.2, 0.25) is 0 Å². The number of aryl methyl sites for hydroxylation is 1. The minimum absolute atomic E-state index is 0.0160. The Kier molecular flexibility index (Phi) is 5.98. The van der Waals surface area contributed by atoms with Gasteiger partial charge in [0.2, 0.25) is 5.91 Å². The van der Waals surface area contributed by atoms with Crippen molar-refractivity contribution in [2.75, 3.05) is 14.2 Å². The van der Waals surface area contributed by atoms with Crippen LogP contribution in [0.15, 0.2) is 42.5 Å². The van der Waals surface area contributed by atoms with Crippen molar-refractivity contribution in [1.82, 2.24) is 16.2 Å². The summed E-state index contributed by atoms with van der Waals surface area (Å²) in [7, 11) is 3.24. The van der Waals surface area contributed by atoms with Crippen molar-refractivity contribution in [1.29, 1.82) is 0 Å². The molecular weight excluding hydrogens is 342 g/mol. The molecule has 0 spiro atoms. The van der Waals surface area contributed by atoms with Gasteiger partial charge in [0.25, 0.3) is 0 Å². The lowest BCUT2D eigenvalue weighted by atomic mass is 9.91. The van der Waals surface area contributed by atoms with E-state index in [0.717, 1.165) is 11.1 Å². The second-order valence-electron chi connectivity index (χ2n) is 6.93. The topological polar surface area (TPSA) is 71.6 Å². The molecule has 6 nitrogen and oxygen atoms in total. The van der Waals surface area contributed by atoms with Crippen molar-refractivity contribution >= 4 is 5.91 Å². The van der Waals surface area contributed by atoms with E-state index >= 15 is 0 Å². The zero-order valence-corrected chi connectivity index (χ0v) is 16.2. The predicted octanol–water partition coefficient (Wildman–Crippen LogP) is 2.28. The second-order valence-corrected chi connectivity index (χ2v) is 6.93. The largest absolute Gasteiger partial charge is 0.493 e. The van der Waals surface area contributed by atoms with Gasteiger partial charge in [-0.05, 0) is 37.1 Å². The molecule has 144 valence electrons. The van der Waals surface area contributed by atoms with Crippen LogP contribution in [0, 0.1) is 6.92 Å². The van der Waals surface area contributed by atoms with Gasteiger partial charge in [0.1, 0.15) is 6.17 Å². The molecule has 1 saturated heterocycles. The molecule has 1 heterocycles. The van der Waals surface area contributed by atoms with Gasteiger partial charge in [-0.15, -0.1) is 0 Å². The summed E-state index contributed by atoms with van der Waals surface area (Å²) in [5, 5.41) is 3.10. The molecule has 1 amide bonds. The Bertz CT molecular complexity index is 792. The average Bonchev–Trinajstić information content (AvgIpc) is 3.03. The van der Waals surface area contributed by atoms with Crippen LogP contribution in [0.5, 0.6) is 11.5 Å². The van der Waals surface area contributed by atoms with Gasteiger partial charge in [-0.2, -0.15) is 0 Å². The molecule has 1 fully saturated rings. The Morgan fingerprint density at radius 1 is 1.04 bits per heavy atom. The van der Waals surface area contributed by atoms with Gasteiger partial charge in [-0.25, -0.2) is 5.43 Å². The highest BCUT2D eigenvalue weighted by Gasteiger charge is 2.35. The minimum atomic E-state index is -0.212. The van der Waals surface area contributed by atoms with Gasteiger partial charge in [-0.3, -0.25) is 10.2 Å². The number of rotatable bonds is 6. The maximum Gasteiger partial charge on any atom is 0.225 e. The Balaban J connectivity index is 1.73. The van der Waals surface area contributed by atoms with Crippen LogP contribution in [0.1, 0.15) is 29.5 Å². The van der Waals surface area contributed by atoms with Crippen LogP contribution in [-0.2, 0) is 11.2 Å². The van der Waals surface area contributed by atoms with Crippen molar-refractivity contribution in [3.05, 3.63) is 59.2 Å². The highest BCUT2D eigenvalue weighted by molar-refractivity contribution is 5.79. The van der Waals surface area contributed by atoms with E-state index in [2.05, 4.69) is 23.1 Å². The lowest BCUT2D eigenvalue weighted by Crippen LogP contribution is -2.46. The third-order valence-corrected chi connectivity index (χ3v) is 4.96. The maximum atomic E-state index is 12.5. The Labute approximate surface area is 160 Å². The summed E-state index contributed by atoms with van der Waals surface area (Å²) in [4.78, 5) is 12.5. The number of hydrazine groups is 1. The SMILES string of the molecule is COc1ccc(C2C(C)NNC2NC(=O)Cc2ccc(C)cc2)cc1OC. The summed E-state index contributed by atoms with van der Waals surface area (Å²) < 4.78 is 10.7. The molecule has 0 radical (unpaired) electrons. The smallest absolute Gasteiger partial charge is 0.225 e. The van der Waals surface area contributed by atoms with Crippen molar-refractivity contribution in [2.24, 2.45) is 0 Å². The zero-order valence-electron chi connectivity index (χ0n) is 16.2. The quantitative estimate of drug-likeness (QED) is 0.729. The number of carbonyl (C=O) groups is 1. The Morgan fingerprint density at radius 2 is 1.74 bits per heavy atom. The van der Waals surface area contributed by atoms with Crippen molar-refractivity contribution in [3.8, 4) is 11.5 Å². The fourth-order valence-corrected chi connectivity index (χ4v) is 3.47. The fraction of sp³-hybridized carbons (Fsp3) is 0.381. The molecule has 3 atom stereocenters. The lowest BCUT2D eigenvalue weighted by molar-refractivity contribution is -0.121. The monoisotopic (exact) mass is 369 g/mol. The fourth-order valence-electron chi connectivity index (χ4n) is 3.47. The molecule has 1 aliphatic rings. The first kappa shape index (κ1) is 19.2. The van der Waals surface area contributed by atoms with Crippen LogP contribution >= 0.6 is 0 Å². The molecule has 3 unspecified atom stereocenters. The minimum Gasteiger partial charge on any atom is -0.493 e. The molecular formula is C21H27N3O3. The van der Waals surface area contributed by atoms with E-state index in [1.54, 1.807) is 14.2 Å². The highest BCUT2D eigenvalue weighted by Crippen LogP contribution is 2.34. The van der Waals surface area contributed by atoms with E-state index in [9.17, 15) is 4.79 Å². The molecule has 3 rings (SSSR count). The number of ether oxygens (including phenoxy) is 2. The molecule has 27 heavy (non-hydrogen) atoms. The van der Waals surface area contributed by atoms with Crippen LogP contribution in [-0.4, -0.2) is 32.3 Å². The standard InChI is InChI=1S/C21H27N3O3/c1-13-5-7-15(8-6-13)11-19(25)22-21-20(14(2)23-24-21)16-9-10-17(26-3)18(12-16)27-4/h5-10,12,14,20-21,23-24H,11H2,1-4H3,(H,22,25). The molecule has 3 N–H and O–H groups in total. The predicted molar refractivity (Wildman–Crippen MR) is 105 cm³/mol. The summed E-state index contributed by atoms with van der Waals surface area (Å²) in [6, 6.07) is 14.0. The number of hydrogen-bond donors (Lipinski definition) is 3. The van der Waals surface area contributed by atoms with Crippen molar-refractivity contribution in [3.63, 3.8) is 0 Å². The van der Waals surface area contributed by atoms with Gasteiger partial charge < -0.3 is 14.8 Å². The summed E-state index contributed by atoms with van der Waals surface area (Å²) in [6.45, 7) is 4.12. The zero-order chi connectivity index (χ0) is 19.4. The van der Waals surface area contributed by atoms with E-state index in [1.807, 2.05) is 49.4 Å². The third-order valence-electron chi connectivity index (χ3n) is 4.96. The molecule has 2 aromatic carbocycles. The first-order chi connectivity index (χ1) is 13.0. The molecule has 1 aliphatic heterocycles. The van der Waals surface area contributed by atoms with E-state index < -0.39 is 0 Å². The maximum absolute atomic E-state index is 12.5. The van der Waals surface area contributed by atoms with Crippen LogP contribution in [0.25, 0.3) is 0 Å². The number of hydrogen-bond acceptors (Lipinski definition) is 5. The molecule has 6 heteroatoms. The average molecular weight is 369 g/mol. The second kappa shape index (κ2) is 8.41. The van der Waals surface area contributed by atoms with E-state index in [0.29, 0.717) is 17.9 Å². The summed E-state index contributed by atoms with van der Waals surface area (Å²) in [5.41, 5.74) is 9.67. The van der Waals surface area contributed by atoms with Gasteiger partial charge in [0.15, 0.2) is 11.5 Å². The van der Waals surface area contributed by atoms with E-state index in [1.165, 1.54) is 5.56 Å². The van der Waals surface area contributed by atoms with E-state index in [4.69, 9.17) is 9.47 Å². The Hall–Kier alpha value is -2.57. The van der Waals surface area contributed by atoms with Gasteiger partial charge >= 0.3 is 0 Å². The number of carbonyl (C=O) groups excluding carboxylic acids is 1. The normalized spacial score (nSPS) is 21.7. The number of methoxy groups -OCH3 is 2. The summed E-state index contributed by atoms with van der Waals surface area (Å²) in [5.74, 6) is 1.41. The van der Waals surface area contributed by atoms with E-state index in [-0.39, 0.29) is 24.0 Å². The van der Waals surface area contributed by atoms with Crippen LogP contribution in [0.4, 0.5) is 0 Å². The number of nitrogens with one attached hydrogen (secondary N) is 3. The first-order valence-corrected chi connectivity index (χ1v) is 9.09. The molecule has 0 bridgehead atoms. The van der Waals surface area contributed by atoms with Crippen LogP contribution in [0.3, 0.4) is 0 Å². The molecule has 2 aromatic rings. The molecule has 0 aromatic heterocycles. The Morgan fingerprint density at radius 3 is 2.41 bits per heavy atom. The lowest BCUT2D eigenvalue weighted by Gasteiger charge is -2.23. The van der Waals surface area contributed by atoms with Crippen molar-refractivity contribution < 1.29 is 14.3 Å². The first-order valence-electron chi connectivity index (χ1n) is 9.09. The number of amides is 1.